The Balaban J connectivity index is 1.62. The van der Waals surface area contributed by atoms with E-state index in [0.29, 0.717) is 29.9 Å². The summed E-state index contributed by atoms with van der Waals surface area (Å²) < 4.78 is 11.5. The van der Waals surface area contributed by atoms with Gasteiger partial charge in [0, 0.05) is 30.9 Å². The molecule has 3 aromatic rings. The number of nitrogens with zero attached hydrogens (tertiary/aromatic N) is 2. The van der Waals surface area contributed by atoms with E-state index in [1.807, 2.05) is 25.1 Å². The van der Waals surface area contributed by atoms with Crippen molar-refractivity contribution in [2.45, 2.75) is 32.0 Å². The lowest BCUT2D eigenvalue weighted by atomic mass is 9.94. The van der Waals surface area contributed by atoms with E-state index in [0.717, 1.165) is 16.9 Å². The number of Topliss-reactive ketones (excluding diaryl/α,β-unsaturated/α-hetero) is 1. The fourth-order valence-corrected chi connectivity index (χ4v) is 4.73. The number of hydrogen-bond donors (Lipinski definition) is 1. The molecule has 0 radical (unpaired) electrons. The summed E-state index contributed by atoms with van der Waals surface area (Å²) in [5.41, 5.74) is 2.88. The van der Waals surface area contributed by atoms with E-state index in [9.17, 15) is 14.7 Å². The molecular formula is C29H26N2O5. The van der Waals surface area contributed by atoms with Gasteiger partial charge in [-0.15, -0.1) is 0 Å². The van der Waals surface area contributed by atoms with E-state index in [1.54, 1.807) is 54.9 Å². The zero-order valence-corrected chi connectivity index (χ0v) is 19.9. The lowest BCUT2D eigenvalue weighted by Gasteiger charge is -2.25. The van der Waals surface area contributed by atoms with Gasteiger partial charge in [-0.25, -0.2) is 0 Å². The summed E-state index contributed by atoms with van der Waals surface area (Å²) in [6, 6.07) is 15.3. The largest absolute Gasteiger partial charge is 0.507 e. The van der Waals surface area contributed by atoms with Crippen molar-refractivity contribution in [3.63, 3.8) is 0 Å². The molecule has 7 heteroatoms. The number of benzene rings is 2. The second kappa shape index (κ2) is 9.70. The Kier molecular flexibility index (Phi) is 6.29. The molecule has 5 rings (SSSR count). The summed E-state index contributed by atoms with van der Waals surface area (Å²) in [5.74, 6) is -0.292. The minimum atomic E-state index is -0.805. The van der Waals surface area contributed by atoms with Crippen molar-refractivity contribution >= 4 is 17.4 Å². The number of likely N-dealkylation sites (tertiary alicyclic amines) is 1. The predicted molar refractivity (Wildman–Crippen MR) is 134 cm³/mol. The van der Waals surface area contributed by atoms with Gasteiger partial charge in [-0.1, -0.05) is 30.9 Å². The number of ether oxygens (including phenoxy) is 2. The molecule has 3 heterocycles. The summed E-state index contributed by atoms with van der Waals surface area (Å²) in [5, 5.41) is 11.4. The van der Waals surface area contributed by atoms with E-state index < -0.39 is 17.7 Å². The molecule has 1 N–H and O–H groups in total. The van der Waals surface area contributed by atoms with E-state index in [2.05, 4.69) is 11.6 Å². The third-order valence-corrected chi connectivity index (χ3v) is 6.33. The van der Waals surface area contributed by atoms with E-state index >= 15 is 0 Å². The fraction of sp³-hybridized carbons (Fsp3) is 0.207. The van der Waals surface area contributed by atoms with Gasteiger partial charge in [0.25, 0.3) is 11.7 Å². The number of aliphatic hydroxyl groups is 1. The van der Waals surface area contributed by atoms with Gasteiger partial charge in [0.2, 0.25) is 0 Å². The first kappa shape index (κ1) is 23.4. The molecule has 1 saturated heterocycles. The van der Waals surface area contributed by atoms with Crippen LogP contribution in [0.3, 0.4) is 0 Å². The summed E-state index contributed by atoms with van der Waals surface area (Å²) >= 11 is 0. The Labute approximate surface area is 209 Å². The first-order valence-corrected chi connectivity index (χ1v) is 11.8. The van der Waals surface area contributed by atoms with Crippen molar-refractivity contribution in [1.29, 1.82) is 0 Å². The molecule has 2 aliphatic heterocycles. The second-order valence-electron chi connectivity index (χ2n) is 8.92. The van der Waals surface area contributed by atoms with Crippen molar-refractivity contribution in [3.05, 3.63) is 107 Å². The third-order valence-electron chi connectivity index (χ3n) is 6.33. The van der Waals surface area contributed by atoms with Gasteiger partial charge in [-0.05, 0) is 60.0 Å². The SMILES string of the molecule is C=CCOc1cccc([C@H]2/C(=C(\O)c3ccc4c(c3)C[C@H](C)O4)C(=O)C(=O)N2Cc2cccnc2)c1. The molecule has 2 aliphatic rings. The van der Waals surface area contributed by atoms with E-state index in [-0.39, 0.29) is 24.0 Å². The Hall–Kier alpha value is -4.39. The fourth-order valence-electron chi connectivity index (χ4n) is 4.73. The highest BCUT2D eigenvalue weighted by molar-refractivity contribution is 6.46. The van der Waals surface area contributed by atoms with Gasteiger partial charge in [-0.2, -0.15) is 0 Å². The van der Waals surface area contributed by atoms with E-state index in [1.165, 1.54) is 4.90 Å². The lowest BCUT2D eigenvalue weighted by molar-refractivity contribution is -0.140. The van der Waals surface area contributed by atoms with Gasteiger partial charge < -0.3 is 19.5 Å². The monoisotopic (exact) mass is 482 g/mol. The number of carbonyl (C=O) groups is 2. The van der Waals surface area contributed by atoms with Gasteiger partial charge in [-0.3, -0.25) is 14.6 Å². The number of ketones is 1. The molecule has 2 aromatic carbocycles. The highest BCUT2D eigenvalue weighted by atomic mass is 16.5. The Morgan fingerprint density at radius 2 is 2.08 bits per heavy atom. The highest BCUT2D eigenvalue weighted by Gasteiger charge is 2.46. The van der Waals surface area contributed by atoms with Crippen LogP contribution < -0.4 is 9.47 Å². The first-order valence-electron chi connectivity index (χ1n) is 11.8. The second-order valence-corrected chi connectivity index (χ2v) is 8.92. The van der Waals surface area contributed by atoms with Crippen LogP contribution in [0.25, 0.3) is 5.76 Å². The maximum Gasteiger partial charge on any atom is 0.295 e. The van der Waals surface area contributed by atoms with Crippen LogP contribution in [0.15, 0.2) is 85.2 Å². The van der Waals surface area contributed by atoms with Crippen molar-refractivity contribution in [3.8, 4) is 11.5 Å². The number of carbonyl (C=O) groups excluding carboxylic acids is 2. The van der Waals surface area contributed by atoms with E-state index in [4.69, 9.17) is 9.47 Å². The molecule has 182 valence electrons. The van der Waals surface area contributed by atoms with Crippen LogP contribution in [0.1, 0.15) is 35.2 Å². The maximum atomic E-state index is 13.4. The predicted octanol–water partition coefficient (Wildman–Crippen LogP) is 4.59. The van der Waals surface area contributed by atoms with Gasteiger partial charge in [0.15, 0.2) is 0 Å². The molecule has 1 amide bonds. The van der Waals surface area contributed by atoms with Crippen LogP contribution in [-0.2, 0) is 22.6 Å². The summed E-state index contributed by atoms with van der Waals surface area (Å²) in [6.07, 6.45) is 5.69. The number of rotatable bonds is 7. The molecular weight excluding hydrogens is 456 g/mol. The number of pyridine rings is 1. The van der Waals surface area contributed by atoms with Crippen molar-refractivity contribution < 1.29 is 24.2 Å². The minimum absolute atomic E-state index is 0.0386. The Morgan fingerprint density at radius 1 is 1.22 bits per heavy atom. The smallest absolute Gasteiger partial charge is 0.295 e. The van der Waals surface area contributed by atoms with Crippen LogP contribution in [0.4, 0.5) is 0 Å². The van der Waals surface area contributed by atoms with Crippen LogP contribution in [-0.4, -0.2) is 39.4 Å². The van der Waals surface area contributed by atoms with Crippen molar-refractivity contribution in [2.24, 2.45) is 0 Å². The topological polar surface area (TPSA) is 89.0 Å². The van der Waals surface area contributed by atoms with Crippen LogP contribution in [0.5, 0.6) is 11.5 Å². The van der Waals surface area contributed by atoms with Crippen LogP contribution >= 0.6 is 0 Å². The summed E-state index contributed by atoms with van der Waals surface area (Å²) in [7, 11) is 0. The molecule has 0 saturated carbocycles. The molecule has 2 atom stereocenters. The lowest BCUT2D eigenvalue weighted by Crippen LogP contribution is -2.29. The number of amides is 1. The molecule has 0 bridgehead atoms. The third kappa shape index (κ3) is 4.35. The minimum Gasteiger partial charge on any atom is -0.507 e. The Morgan fingerprint density at radius 3 is 2.86 bits per heavy atom. The molecule has 0 spiro atoms. The normalized spacial score (nSPS) is 20.2. The molecule has 7 nitrogen and oxygen atoms in total. The molecule has 36 heavy (non-hydrogen) atoms. The van der Waals surface area contributed by atoms with Gasteiger partial charge in [0.1, 0.15) is 30.0 Å². The highest BCUT2D eigenvalue weighted by Crippen LogP contribution is 2.42. The number of aliphatic hydroxyl groups excluding tert-OH is 1. The Bertz CT molecular complexity index is 1370. The zero-order chi connectivity index (χ0) is 25.2. The summed E-state index contributed by atoms with van der Waals surface area (Å²) in [4.78, 5) is 32.2. The number of aromatic nitrogens is 1. The molecule has 1 fully saturated rings. The number of fused-ring (bicyclic) bond motifs is 1. The molecule has 1 aromatic heterocycles. The first-order chi connectivity index (χ1) is 17.5. The zero-order valence-electron chi connectivity index (χ0n) is 19.9. The summed E-state index contributed by atoms with van der Waals surface area (Å²) in [6.45, 7) is 6.13. The number of hydrogen-bond acceptors (Lipinski definition) is 6. The quantitative estimate of drug-likeness (QED) is 0.229. The average molecular weight is 483 g/mol. The van der Waals surface area contributed by atoms with Crippen LogP contribution in [0.2, 0.25) is 0 Å². The molecule has 0 aliphatic carbocycles. The molecule has 0 unspecified atom stereocenters. The maximum absolute atomic E-state index is 13.4. The van der Waals surface area contributed by atoms with Crippen molar-refractivity contribution in [2.75, 3.05) is 6.61 Å². The van der Waals surface area contributed by atoms with Gasteiger partial charge in [0.05, 0.1) is 11.6 Å². The van der Waals surface area contributed by atoms with Crippen LogP contribution in [0, 0.1) is 0 Å². The van der Waals surface area contributed by atoms with Crippen molar-refractivity contribution in [1.82, 2.24) is 9.88 Å². The van der Waals surface area contributed by atoms with Gasteiger partial charge >= 0.3 is 0 Å². The standard InChI is InChI=1S/C29H26N2O5/c1-3-12-35-23-8-4-7-20(15-23)26-25(27(32)21-9-10-24-22(14-21)13-18(2)36-24)28(33)29(34)31(26)17-19-6-5-11-30-16-19/h3-11,14-16,18,26,32H,1,12-13,17H2,2H3/b27-25+/t18-,26-/m0/s1. The average Bonchev–Trinajstić information content (AvgIpc) is 3.39.